The van der Waals surface area contributed by atoms with Crippen molar-refractivity contribution in [1.29, 1.82) is 0 Å². The van der Waals surface area contributed by atoms with E-state index in [1.54, 1.807) is 0 Å². The standard InChI is InChI=1S/C9H7Cl2NO4/c1-16-7-3-2-5(11)8(6(13)4-10)9(7)12(14)15/h2-3H,4H2,1H3. The van der Waals surface area contributed by atoms with Crippen molar-refractivity contribution >= 4 is 34.7 Å². The lowest BCUT2D eigenvalue weighted by Gasteiger charge is -2.06. The number of carbonyl (C=O) groups is 1. The van der Waals surface area contributed by atoms with E-state index in [9.17, 15) is 14.9 Å². The van der Waals surface area contributed by atoms with Gasteiger partial charge in [0.2, 0.25) is 0 Å². The number of nitro benzene ring substituents is 1. The Morgan fingerprint density at radius 2 is 2.19 bits per heavy atom. The third-order valence-corrected chi connectivity index (χ3v) is 2.45. The molecule has 86 valence electrons. The first-order valence-electron chi connectivity index (χ1n) is 4.13. The number of benzene rings is 1. The fraction of sp³-hybridized carbons (Fsp3) is 0.222. The summed E-state index contributed by atoms with van der Waals surface area (Å²) in [7, 11) is 1.27. The Bertz CT molecular complexity index is 447. The number of hydrogen-bond donors (Lipinski definition) is 0. The molecule has 0 aliphatic carbocycles. The normalized spacial score (nSPS) is 9.94. The third-order valence-electron chi connectivity index (χ3n) is 1.89. The highest BCUT2D eigenvalue weighted by Crippen LogP contribution is 2.35. The van der Waals surface area contributed by atoms with Gasteiger partial charge < -0.3 is 4.74 Å². The summed E-state index contributed by atoms with van der Waals surface area (Å²) >= 11 is 11.1. The molecule has 0 fully saturated rings. The van der Waals surface area contributed by atoms with Crippen LogP contribution in [0.25, 0.3) is 0 Å². The van der Waals surface area contributed by atoms with Crippen molar-refractivity contribution in [3.63, 3.8) is 0 Å². The van der Waals surface area contributed by atoms with Gasteiger partial charge in [0, 0.05) is 0 Å². The van der Waals surface area contributed by atoms with Crippen molar-refractivity contribution in [3.05, 3.63) is 32.8 Å². The van der Waals surface area contributed by atoms with E-state index in [2.05, 4.69) is 0 Å². The zero-order valence-corrected chi connectivity index (χ0v) is 9.71. The molecule has 0 spiro atoms. The average molecular weight is 264 g/mol. The fourth-order valence-corrected chi connectivity index (χ4v) is 1.62. The molecule has 0 aliphatic heterocycles. The van der Waals surface area contributed by atoms with Crippen LogP contribution in [0.2, 0.25) is 5.02 Å². The van der Waals surface area contributed by atoms with Gasteiger partial charge in [0.1, 0.15) is 5.56 Å². The largest absolute Gasteiger partial charge is 0.490 e. The van der Waals surface area contributed by atoms with E-state index in [1.165, 1.54) is 19.2 Å². The molecule has 0 aromatic heterocycles. The highest BCUT2D eigenvalue weighted by atomic mass is 35.5. The van der Waals surface area contributed by atoms with Crippen molar-refractivity contribution < 1.29 is 14.5 Å². The fourth-order valence-electron chi connectivity index (χ4n) is 1.23. The van der Waals surface area contributed by atoms with Crippen LogP contribution >= 0.6 is 23.2 Å². The summed E-state index contributed by atoms with van der Waals surface area (Å²) < 4.78 is 4.80. The first-order valence-corrected chi connectivity index (χ1v) is 5.04. The molecule has 0 saturated carbocycles. The lowest BCUT2D eigenvalue weighted by molar-refractivity contribution is -0.386. The lowest BCUT2D eigenvalue weighted by atomic mass is 10.1. The molecule has 7 heteroatoms. The van der Waals surface area contributed by atoms with Gasteiger partial charge in [0.25, 0.3) is 0 Å². The number of rotatable bonds is 4. The lowest BCUT2D eigenvalue weighted by Crippen LogP contribution is -2.07. The first kappa shape index (κ1) is 12.7. The molecule has 1 aromatic carbocycles. The molecule has 1 rings (SSSR count). The van der Waals surface area contributed by atoms with Crippen LogP contribution in [0.5, 0.6) is 5.75 Å². The van der Waals surface area contributed by atoms with E-state index in [1.807, 2.05) is 0 Å². The highest BCUT2D eigenvalue weighted by Gasteiger charge is 2.27. The van der Waals surface area contributed by atoms with Gasteiger partial charge in [-0.1, -0.05) is 11.6 Å². The molecule has 16 heavy (non-hydrogen) atoms. The van der Waals surface area contributed by atoms with Crippen LogP contribution in [-0.2, 0) is 0 Å². The van der Waals surface area contributed by atoms with Gasteiger partial charge in [0.05, 0.1) is 22.9 Å². The van der Waals surface area contributed by atoms with E-state index in [-0.39, 0.29) is 22.2 Å². The summed E-state index contributed by atoms with van der Waals surface area (Å²) in [6.07, 6.45) is 0. The minimum absolute atomic E-state index is 0.0156. The second-order valence-corrected chi connectivity index (χ2v) is 3.46. The van der Waals surface area contributed by atoms with Crippen molar-refractivity contribution in [2.75, 3.05) is 13.0 Å². The number of ketones is 1. The Kier molecular flexibility index (Phi) is 4.09. The Hall–Kier alpha value is -1.33. The average Bonchev–Trinajstić information content (AvgIpc) is 2.27. The van der Waals surface area contributed by atoms with Crippen molar-refractivity contribution in [3.8, 4) is 5.75 Å². The van der Waals surface area contributed by atoms with Gasteiger partial charge in [-0.05, 0) is 12.1 Å². The van der Waals surface area contributed by atoms with Gasteiger partial charge in [-0.15, -0.1) is 11.6 Å². The molecule has 0 amide bonds. The maximum absolute atomic E-state index is 11.5. The number of halogens is 2. The highest BCUT2D eigenvalue weighted by molar-refractivity contribution is 6.38. The monoisotopic (exact) mass is 263 g/mol. The van der Waals surface area contributed by atoms with Gasteiger partial charge in [-0.3, -0.25) is 14.9 Å². The van der Waals surface area contributed by atoms with Gasteiger partial charge in [-0.25, -0.2) is 0 Å². The minimum Gasteiger partial charge on any atom is -0.490 e. The van der Waals surface area contributed by atoms with Crippen LogP contribution in [-0.4, -0.2) is 23.7 Å². The summed E-state index contributed by atoms with van der Waals surface area (Å²) in [5.41, 5.74) is -0.679. The number of hydrogen-bond acceptors (Lipinski definition) is 4. The molecule has 0 radical (unpaired) electrons. The number of nitro groups is 1. The van der Waals surface area contributed by atoms with Crippen LogP contribution in [0, 0.1) is 10.1 Å². The maximum atomic E-state index is 11.5. The third kappa shape index (κ3) is 2.25. The van der Waals surface area contributed by atoms with Crippen molar-refractivity contribution in [2.24, 2.45) is 0 Å². The summed E-state index contributed by atoms with van der Waals surface area (Å²) in [5.74, 6) is -1.02. The second kappa shape index (κ2) is 5.14. The Balaban J connectivity index is 3.54. The summed E-state index contributed by atoms with van der Waals surface area (Å²) in [4.78, 5) is 21.6. The van der Waals surface area contributed by atoms with Crippen LogP contribution in [0.1, 0.15) is 10.4 Å². The Labute approximate surface area is 101 Å². The molecule has 0 atom stereocenters. The number of carbonyl (C=O) groups excluding carboxylic acids is 1. The van der Waals surface area contributed by atoms with Gasteiger partial charge >= 0.3 is 5.69 Å². The quantitative estimate of drug-likeness (QED) is 0.363. The molecule has 0 heterocycles. The smallest absolute Gasteiger partial charge is 0.323 e. The number of nitrogens with zero attached hydrogens (tertiary/aromatic N) is 1. The summed E-state index contributed by atoms with van der Waals surface area (Å²) in [6.45, 7) is 0. The van der Waals surface area contributed by atoms with Crippen LogP contribution in [0.15, 0.2) is 12.1 Å². The topological polar surface area (TPSA) is 69.4 Å². The van der Waals surface area contributed by atoms with Crippen LogP contribution in [0.3, 0.4) is 0 Å². The number of Topliss-reactive ketones (excluding diaryl/α,β-unsaturated/α-hetero) is 1. The Morgan fingerprint density at radius 3 is 2.62 bits per heavy atom. The van der Waals surface area contributed by atoms with Crippen molar-refractivity contribution in [1.82, 2.24) is 0 Å². The number of methoxy groups -OCH3 is 1. The minimum atomic E-state index is -0.718. The van der Waals surface area contributed by atoms with Crippen molar-refractivity contribution in [2.45, 2.75) is 0 Å². The first-order chi connectivity index (χ1) is 7.52. The van der Waals surface area contributed by atoms with Crippen LogP contribution in [0.4, 0.5) is 5.69 Å². The summed E-state index contributed by atoms with van der Waals surface area (Å²) in [6, 6.07) is 2.68. The SMILES string of the molecule is COc1ccc(Cl)c(C(=O)CCl)c1[N+](=O)[O-]. The molecule has 0 aliphatic rings. The molecular weight excluding hydrogens is 257 g/mol. The zero-order chi connectivity index (χ0) is 12.3. The van der Waals surface area contributed by atoms with E-state index in [0.29, 0.717) is 0 Å². The molecule has 0 unspecified atom stereocenters. The summed E-state index contributed by atoms with van der Waals surface area (Å²) in [5, 5.41) is 10.8. The van der Waals surface area contributed by atoms with E-state index < -0.39 is 16.4 Å². The van der Waals surface area contributed by atoms with Gasteiger partial charge in [-0.2, -0.15) is 0 Å². The maximum Gasteiger partial charge on any atom is 0.323 e. The van der Waals surface area contributed by atoms with E-state index in [4.69, 9.17) is 27.9 Å². The molecule has 0 N–H and O–H groups in total. The Morgan fingerprint density at radius 1 is 1.56 bits per heavy atom. The molecule has 5 nitrogen and oxygen atoms in total. The van der Waals surface area contributed by atoms with E-state index >= 15 is 0 Å². The molecular formula is C9H7Cl2NO4. The predicted octanol–water partition coefficient (Wildman–Crippen LogP) is 2.68. The molecule has 0 saturated heterocycles. The molecule has 1 aromatic rings. The predicted molar refractivity (Wildman–Crippen MR) is 59.7 cm³/mol. The zero-order valence-electron chi connectivity index (χ0n) is 8.20. The molecule has 0 bridgehead atoms. The van der Waals surface area contributed by atoms with E-state index in [0.717, 1.165) is 0 Å². The number of ether oxygens (including phenoxy) is 1. The second-order valence-electron chi connectivity index (χ2n) is 2.79. The van der Waals surface area contributed by atoms with Gasteiger partial charge in [0.15, 0.2) is 11.5 Å². The number of alkyl halides is 1. The van der Waals surface area contributed by atoms with Crippen LogP contribution < -0.4 is 4.74 Å².